The van der Waals surface area contributed by atoms with Gasteiger partial charge in [0.2, 0.25) is 0 Å². The Morgan fingerprint density at radius 1 is 1.24 bits per heavy atom. The van der Waals surface area contributed by atoms with Crippen LogP contribution in [0.25, 0.3) is 0 Å². The molecule has 1 aromatic rings. The Hall–Kier alpha value is -0.430. The number of nitrogens with zero attached hydrogens (tertiary/aromatic N) is 1. The molecule has 0 amide bonds. The number of thioether (sulfide) groups is 1. The molecule has 2 N–H and O–H groups in total. The summed E-state index contributed by atoms with van der Waals surface area (Å²) in [5.74, 6) is 2.00. The summed E-state index contributed by atoms with van der Waals surface area (Å²) in [4.78, 5) is 5.98. The topological polar surface area (TPSA) is 36.4 Å². The summed E-state index contributed by atoms with van der Waals surface area (Å²) < 4.78 is 0. The molecular weight excluding hydrogens is 393 g/mol. The van der Waals surface area contributed by atoms with Crippen molar-refractivity contribution in [1.82, 2.24) is 10.6 Å². The second-order valence-electron chi connectivity index (χ2n) is 5.05. The molecule has 1 aliphatic rings. The van der Waals surface area contributed by atoms with Gasteiger partial charge >= 0.3 is 0 Å². The summed E-state index contributed by atoms with van der Waals surface area (Å²) in [6.07, 6.45) is 5.26. The lowest BCUT2D eigenvalue weighted by Gasteiger charge is -2.16. The smallest absolute Gasteiger partial charge is 0.191 e. The van der Waals surface area contributed by atoms with E-state index in [1.54, 1.807) is 0 Å². The van der Waals surface area contributed by atoms with Crippen molar-refractivity contribution in [3.8, 4) is 0 Å². The average Bonchev–Trinajstić information content (AvgIpc) is 2.98. The quantitative estimate of drug-likeness (QED) is 0.242. The molecule has 1 saturated carbocycles. The van der Waals surface area contributed by atoms with Crippen molar-refractivity contribution in [2.45, 2.75) is 43.5 Å². The molecule has 0 aromatic heterocycles. The molecule has 0 unspecified atom stereocenters. The van der Waals surface area contributed by atoms with Crippen molar-refractivity contribution < 1.29 is 0 Å². The first kappa shape index (κ1) is 18.6. The maximum Gasteiger partial charge on any atom is 0.191 e. The molecule has 0 saturated heterocycles. The van der Waals surface area contributed by atoms with E-state index in [0.717, 1.165) is 24.8 Å². The van der Waals surface area contributed by atoms with Gasteiger partial charge in [-0.2, -0.15) is 0 Å². The average molecular weight is 419 g/mol. The zero-order valence-electron chi connectivity index (χ0n) is 12.7. The maximum absolute atomic E-state index is 4.67. The van der Waals surface area contributed by atoms with E-state index in [2.05, 4.69) is 52.9 Å². The van der Waals surface area contributed by atoms with E-state index >= 15 is 0 Å². The van der Waals surface area contributed by atoms with Crippen molar-refractivity contribution in [2.24, 2.45) is 4.99 Å². The summed E-state index contributed by atoms with van der Waals surface area (Å²) in [7, 11) is 0. The molecular formula is C16H26IN3S. The normalized spacial score (nSPS) is 15.6. The predicted molar refractivity (Wildman–Crippen MR) is 104 cm³/mol. The molecule has 0 heterocycles. The third-order valence-electron chi connectivity index (χ3n) is 3.41. The van der Waals surface area contributed by atoms with Gasteiger partial charge in [-0.3, -0.25) is 4.99 Å². The fourth-order valence-corrected chi connectivity index (χ4v) is 3.19. The van der Waals surface area contributed by atoms with Crippen molar-refractivity contribution >= 4 is 41.7 Å². The molecule has 2 rings (SSSR count). The van der Waals surface area contributed by atoms with Gasteiger partial charge in [-0.05, 0) is 31.9 Å². The zero-order valence-corrected chi connectivity index (χ0v) is 15.8. The molecule has 0 atom stereocenters. The van der Waals surface area contributed by atoms with E-state index in [9.17, 15) is 0 Å². The largest absolute Gasteiger partial charge is 0.357 e. The Balaban J connectivity index is 0.00000220. The number of nitrogens with one attached hydrogen (secondary N) is 2. The molecule has 3 nitrogen and oxygen atoms in total. The zero-order chi connectivity index (χ0) is 14.0. The first-order valence-corrected chi connectivity index (χ1v) is 8.59. The van der Waals surface area contributed by atoms with Crippen LogP contribution in [0.1, 0.15) is 32.6 Å². The van der Waals surface area contributed by atoms with Gasteiger partial charge < -0.3 is 10.6 Å². The minimum absolute atomic E-state index is 0. The van der Waals surface area contributed by atoms with Gasteiger partial charge in [0.1, 0.15) is 0 Å². The number of benzene rings is 1. The van der Waals surface area contributed by atoms with Crippen LogP contribution in [-0.2, 0) is 0 Å². The second-order valence-corrected chi connectivity index (χ2v) is 6.22. The third kappa shape index (κ3) is 7.40. The van der Waals surface area contributed by atoms with E-state index in [1.807, 2.05) is 11.8 Å². The van der Waals surface area contributed by atoms with Crippen LogP contribution in [0, 0.1) is 0 Å². The monoisotopic (exact) mass is 419 g/mol. The van der Waals surface area contributed by atoms with Crippen LogP contribution in [0.3, 0.4) is 0 Å². The highest BCUT2D eigenvalue weighted by Crippen LogP contribution is 2.18. The summed E-state index contributed by atoms with van der Waals surface area (Å²) >= 11 is 1.86. The first-order chi connectivity index (χ1) is 9.88. The Kier molecular flexibility index (Phi) is 9.91. The van der Waals surface area contributed by atoms with E-state index in [1.165, 1.54) is 30.6 Å². The lowest BCUT2D eigenvalue weighted by atomic mass is 10.2. The van der Waals surface area contributed by atoms with E-state index in [0.29, 0.717) is 6.04 Å². The second kappa shape index (κ2) is 11.2. The van der Waals surface area contributed by atoms with Crippen molar-refractivity contribution in [2.75, 3.05) is 18.8 Å². The standard InChI is InChI=1S/C16H25N3S.HI/c1-2-17-16(19-14-8-6-7-9-14)18-12-13-20-15-10-4-3-5-11-15;/h3-5,10-11,14H,2,6-9,12-13H2,1H3,(H2,17,18,19);1H. The first-order valence-electron chi connectivity index (χ1n) is 7.61. The molecule has 1 fully saturated rings. The van der Waals surface area contributed by atoms with Crippen molar-refractivity contribution in [3.63, 3.8) is 0 Å². The Morgan fingerprint density at radius 2 is 1.95 bits per heavy atom. The Bertz CT molecular complexity index is 405. The van der Waals surface area contributed by atoms with Crippen molar-refractivity contribution in [3.05, 3.63) is 30.3 Å². The molecule has 5 heteroatoms. The SMILES string of the molecule is CCNC(=NCCSc1ccccc1)NC1CCCC1.I. The van der Waals surface area contributed by atoms with Gasteiger partial charge in [0, 0.05) is 23.2 Å². The van der Waals surface area contributed by atoms with Crippen LogP contribution in [-0.4, -0.2) is 30.8 Å². The van der Waals surface area contributed by atoms with Crippen LogP contribution < -0.4 is 10.6 Å². The lowest BCUT2D eigenvalue weighted by molar-refractivity contribution is 0.614. The summed E-state index contributed by atoms with van der Waals surface area (Å²) in [6, 6.07) is 11.1. The molecule has 1 aromatic carbocycles. The van der Waals surface area contributed by atoms with Gasteiger partial charge in [-0.25, -0.2) is 0 Å². The minimum Gasteiger partial charge on any atom is -0.357 e. The van der Waals surface area contributed by atoms with Crippen LogP contribution in [0.5, 0.6) is 0 Å². The highest BCUT2D eigenvalue weighted by molar-refractivity contribution is 14.0. The van der Waals surface area contributed by atoms with Gasteiger partial charge in [0.15, 0.2) is 5.96 Å². The summed E-state index contributed by atoms with van der Waals surface area (Å²) in [5.41, 5.74) is 0. The van der Waals surface area contributed by atoms with Gasteiger partial charge in [0.05, 0.1) is 6.54 Å². The van der Waals surface area contributed by atoms with Crippen LogP contribution in [0.15, 0.2) is 40.2 Å². The molecule has 0 bridgehead atoms. The van der Waals surface area contributed by atoms with E-state index in [-0.39, 0.29) is 24.0 Å². The molecule has 1 aliphatic carbocycles. The molecule has 0 radical (unpaired) electrons. The number of rotatable bonds is 6. The van der Waals surface area contributed by atoms with Crippen LogP contribution in [0.2, 0.25) is 0 Å². The molecule has 0 aliphatic heterocycles. The number of hydrogen-bond acceptors (Lipinski definition) is 2. The van der Waals surface area contributed by atoms with Gasteiger partial charge in [0.25, 0.3) is 0 Å². The summed E-state index contributed by atoms with van der Waals surface area (Å²) in [6.45, 7) is 3.89. The Morgan fingerprint density at radius 3 is 2.62 bits per heavy atom. The lowest BCUT2D eigenvalue weighted by Crippen LogP contribution is -2.42. The predicted octanol–water partition coefficient (Wildman–Crippen LogP) is 3.89. The highest BCUT2D eigenvalue weighted by Gasteiger charge is 2.15. The van der Waals surface area contributed by atoms with Crippen LogP contribution in [0.4, 0.5) is 0 Å². The highest BCUT2D eigenvalue weighted by atomic mass is 127. The maximum atomic E-state index is 4.67. The number of guanidine groups is 1. The van der Waals surface area contributed by atoms with Gasteiger partial charge in [-0.1, -0.05) is 31.0 Å². The number of halogens is 1. The number of hydrogen-bond donors (Lipinski definition) is 2. The minimum atomic E-state index is 0. The van der Waals surface area contributed by atoms with E-state index < -0.39 is 0 Å². The fraction of sp³-hybridized carbons (Fsp3) is 0.562. The molecule has 118 valence electrons. The van der Waals surface area contributed by atoms with Gasteiger partial charge in [-0.15, -0.1) is 35.7 Å². The Labute approximate surface area is 149 Å². The van der Waals surface area contributed by atoms with E-state index in [4.69, 9.17) is 0 Å². The molecule has 21 heavy (non-hydrogen) atoms. The van der Waals surface area contributed by atoms with Crippen molar-refractivity contribution in [1.29, 1.82) is 0 Å². The number of aliphatic imine (C=N–C) groups is 1. The van der Waals surface area contributed by atoms with Crippen LogP contribution >= 0.6 is 35.7 Å². The fourth-order valence-electron chi connectivity index (χ4n) is 2.42. The summed E-state index contributed by atoms with van der Waals surface area (Å²) in [5, 5.41) is 6.88. The molecule has 0 spiro atoms. The third-order valence-corrected chi connectivity index (χ3v) is 4.41.